The summed E-state index contributed by atoms with van der Waals surface area (Å²) in [7, 11) is -3.27. The van der Waals surface area contributed by atoms with Crippen LogP contribution in [0.25, 0.3) is 0 Å². The maximum absolute atomic E-state index is 11.7. The molecule has 0 saturated carbocycles. The third kappa shape index (κ3) is 4.18. The lowest BCUT2D eigenvalue weighted by Gasteiger charge is -2.33. The molecule has 1 fully saturated rings. The summed E-state index contributed by atoms with van der Waals surface area (Å²) in [5.41, 5.74) is 5.80. The van der Waals surface area contributed by atoms with E-state index in [-0.39, 0.29) is 24.4 Å². The van der Waals surface area contributed by atoms with Gasteiger partial charge in [-0.3, -0.25) is 0 Å². The minimum atomic E-state index is -3.27. The maximum atomic E-state index is 11.7. The molecule has 0 radical (unpaired) electrons. The van der Waals surface area contributed by atoms with Crippen LogP contribution in [0.2, 0.25) is 0 Å². The number of halogens is 1. The summed E-state index contributed by atoms with van der Waals surface area (Å²) in [5.74, 6) is 0.284. The van der Waals surface area contributed by atoms with E-state index >= 15 is 0 Å². The van der Waals surface area contributed by atoms with Gasteiger partial charge in [0.25, 0.3) is 10.2 Å². The van der Waals surface area contributed by atoms with Crippen molar-refractivity contribution < 1.29 is 8.42 Å². The van der Waals surface area contributed by atoms with E-state index in [2.05, 4.69) is 4.72 Å². The number of hydrogen-bond donors (Lipinski definition) is 2. The number of rotatable bonds is 4. The van der Waals surface area contributed by atoms with E-state index in [0.29, 0.717) is 19.6 Å². The molecule has 5 nitrogen and oxygen atoms in total. The highest BCUT2D eigenvalue weighted by atomic mass is 35.5. The van der Waals surface area contributed by atoms with Gasteiger partial charge in [-0.15, -0.1) is 12.4 Å². The zero-order chi connectivity index (χ0) is 11.5. The molecule has 1 heterocycles. The molecule has 0 amide bonds. The first-order valence-electron chi connectivity index (χ1n) is 5.47. The summed E-state index contributed by atoms with van der Waals surface area (Å²) < 4.78 is 27.5. The Kier molecular flexibility index (Phi) is 6.81. The Labute approximate surface area is 104 Å². The predicted octanol–water partition coefficient (Wildman–Crippen LogP) is 0.322. The highest BCUT2D eigenvalue weighted by Gasteiger charge is 2.29. The van der Waals surface area contributed by atoms with Gasteiger partial charge in [-0.2, -0.15) is 12.7 Å². The van der Waals surface area contributed by atoms with Crippen LogP contribution in [-0.4, -0.2) is 38.4 Å². The van der Waals surface area contributed by atoms with E-state index in [1.807, 2.05) is 6.92 Å². The molecule has 98 valence electrons. The Morgan fingerprint density at radius 2 is 2.19 bits per heavy atom. The van der Waals surface area contributed by atoms with E-state index in [1.165, 1.54) is 4.31 Å². The maximum Gasteiger partial charge on any atom is 0.279 e. The van der Waals surface area contributed by atoms with Crippen LogP contribution in [0.1, 0.15) is 26.7 Å². The second kappa shape index (κ2) is 6.76. The summed E-state index contributed by atoms with van der Waals surface area (Å²) in [4.78, 5) is 0. The van der Waals surface area contributed by atoms with Gasteiger partial charge in [-0.05, 0) is 25.7 Å². The number of hydrogen-bond acceptors (Lipinski definition) is 3. The van der Waals surface area contributed by atoms with Crippen LogP contribution in [0.3, 0.4) is 0 Å². The van der Waals surface area contributed by atoms with E-state index < -0.39 is 10.2 Å². The molecule has 7 heteroatoms. The molecule has 0 aromatic rings. The van der Waals surface area contributed by atoms with Gasteiger partial charge in [-0.1, -0.05) is 6.92 Å². The van der Waals surface area contributed by atoms with Crippen molar-refractivity contribution in [1.29, 1.82) is 0 Å². The van der Waals surface area contributed by atoms with Crippen LogP contribution in [0.5, 0.6) is 0 Å². The largest absolute Gasteiger partial charge is 0.328 e. The van der Waals surface area contributed by atoms with Crippen molar-refractivity contribution in [3.05, 3.63) is 0 Å². The second-order valence-corrected chi connectivity index (χ2v) is 5.88. The van der Waals surface area contributed by atoms with E-state index in [9.17, 15) is 8.42 Å². The third-order valence-electron chi connectivity index (χ3n) is 2.83. The lowest BCUT2D eigenvalue weighted by Crippen LogP contribution is -2.48. The summed E-state index contributed by atoms with van der Waals surface area (Å²) in [6, 6.07) is 0.0598. The Morgan fingerprint density at radius 1 is 1.56 bits per heavy atom. The fourth-order valence-corrected chi connectivity index (χ4v) is 3.20. The minimum absolute atomic E-state index is 0. The van der Waals surface area contributed by atoms with Crippen molar-refractivity contribution in [3.8, 4) is 0 Å². The van der Waals surface area contributed by atoms with Crippen LogP contribution < -0.4 is 10.5 Å². The van der Waals surface area contributed by atoms with Gasteiger partial charge in [0.15, 0.2) is 0 Å². The molecule has 0 aromatic heterocycles. The number of nitrogens with two attached hydrogens (primary N) is 1. The van der Waals surface area contributed by atoms with Gasteiger partial charge in [0.2, 0.25) is 0 Å². The Balaban J connectivity index is 0.00000225. The van der Waals surface area contributed by atoms with Crippen LogP contribution in [-0.2, 0) is 10.2 Å². The van der Waals surface area contributed by atoms with Crippen LogP contribution in [0.15, 0.2) is 0 Å². The molecule has 0 spiro atoms. The first kappa shape index (κ1) is 16.1. The predicted molar refractivity (Wildman–Crippen MR) is 67.8 cm³/mol. The molecule has 3 N–H and O–H groups in total. The van der Waals surface area contributed by atoms with Crippen molar-refractivity contribution in [2.75, 3.05) is 19.6 Å². The molecule has 0 bridgehead atoms. The van der Waals surface area contributed by atoms with E-state index in [0.717, 1.165) is 12.8 Å². The van der Waals surface area contributed by atoms with Crippen molar-refractivity contribution >= 4 is 22.6 Å². The number of nitrogens with zero attached hydrogens (tertiary/aromatic N) is 1. The lowest BCUT2D eigenvalue weighted by molar-refractivity contribution is 0.241. The normalized spacial score (nSPS) is 24.8. The third-order valence-corrected chi connectivity index (χ3v) is 4.50. The van der Waals surface area contributed by atoms with Gasteiger partial charge in [0.1, 0.15) is 0 Å². The van der Waals surface area contributed by atoms with Gasteiger partial charge >= 0.3 is 0 Å². The zero-order valence-corrected chi connectivity index (χ0v) is 11.5. The smallest absolute Gasteiger partial charge is 0.279 e. The molecular formula is C9H22ClN3O2S. The summed E-state index contributed by atoms with van der Waals surface area (Å²) in [6.07, 6.45) is 1.92. The van der Waals surface area contributed by atoms with Crippen molar-refractivity contribution in [2.24, 2.45) is 11.7 Å². The van der Waals surface area contributed by atoms with Crippen LogP contribution >= 0.6 is 12.4 Å². The van der Waals surface area contributed by atoms with Crippen molar-refractivity contribution in [3.63, 3.8) is 0 Å². The molecule has 2 unspecified atom stereocenters. The second-order valence-electron chi connectivity index (χ2n) is 4.12. The van der Waals surface area contributed by atoms with E-state index in [1.54, 1.807) is 6.92 Å². The number of nitrogens with one attached hydrogen (secondary N) is 1. The first-order valence-corrected chi connectivity index (χ1v) is 6.91. The fraction of sp³-hybridized carbons (Fsp3) is 1.00. The summed E-state index contributed by atoms with van der Waals surface area (Å²) in [6.45, 7) is 5.31. The number of piperidine rings is 1. The average Bonchev–Trinajstić information content (AvgIpc) is 2.18. The molecule has 1 aliphatic rings. The standard InChI is InChI=1S/C9H21N3O2S.ClH/c1-3-11-15(13,14)12-6-4-5-9(7-12)8(2)10;/h8-9,11H,3-7,10H2,1-2H3;1H. The van der Waals surface area contributed by atoms with Gasteiger partial charge in [0.05, 0.1) is 0 Å². The van der Waals surface area contributed by atoms with Crippen molar-refractivity contribution in [2.45, 2.75) is 32.7 Å². The minimum Gasteiger partial charge on any atom is -0.328 e. The van der Waals surface area contributed by atoms with Gasteiger partial charge in [0, 0.05) is 25.7 Å². The first-order chi connectivity index (χ1) is 6.97. The van der Waals surface area contributed by atoms with Gasteiger partial charge < -0.3 is 5.73 Å². The topological polar surface area (TPSA) is 75.4 Å². The summed E-state index contributed by atoms with van der Waals surface area (Å²) in [5, 5.41) is 0. The highest BCUT2D eigenvalue weighted by molar-refractivity contribution is 7.87. The lowest BCUT2D eigenvalue weighted by atomic mass is 9.93. The molecular weight excluding hydrogens is 250 g/mol. The zero-order valence-electron chi connectivity index (χ0n) is 9.85. The monoisotopic (exact) mass is 271 g/mol. The van der Waals surface area contributed by atoms with Crippen LogP contribution in [0, 0.1) is 5.92 Å². The molecule has 1 aliphatic heterocycles. The van der Waals surface area contributed by atoms with Crippen molar-refractivity contribution in [1.82, 2.24) is 9.03 Å². The molecule has 1 rings (SSSR count). The SMILES string of the molecule is CCNS(=O)(=O)N1CCCC(C(C)N)C1.Cl. The fourth-order valence-electron chi connectivity index (χ4n) is 1.90. The Hall–Kier alpha value is 0.120. The molecule has 0 aromatic carbocycles. The van der Waals surface area contributed by atoms with Crippen LogP contribution in [0.4, 0.5) is 0 Å². The Bertz CT molecular complexity index is 295. The molecule has 2 atom stereocenters. The van der Waals surface area contributed by atoms with E-state index in [4.69, 9.17) is 5.73 Å². The average molecular weight is 272 g/mol. The quantitative estimate of drug-likeness (QED) is 0.773. The molecule has 16 heavy (non-hydrogen) atoms. The highest BCUT2D eigenvalue weighted by Crippen LogP contribution is 2.20. The summed E-state index contributed by atoms with van der Waals surface area (Å²) >= 11 is 0. The molecule has 0 aliphatic carbocycles. The Morgan fingerprint density at radius 3 is 2.69 bits per heavy atom. The molecule has 1 saturated heterocycles. The van der Waals surface area contributed by atoms with Gasteiger partial charge in [-0.25, -0.2) is 4.72 Å².